The van der Waals surface area contributed by atoms with Crippen LogP contribution >= 0.6 is 0 Å². The Morgan fingerprint density at radius 1 is 1.33 bits per heavy atom. The van der Waals surface area contributed by atoms with Gasteiger partial charge >= 0.3 is 5.97 Å². The van der Waals surface area contributed by atoms with Crippen molar-refractivity contribution in [3.63, 3.8) is 0 Å². The smallest absolute Gasteiger partial charge is 0.323 e. The van der Waals surface area contributed by atoms with E-state index in [0.717, 1.165) is 39.0 Å². The summed E-state index contributed by atoms with van der Waals surface area (Å²) in [5.74, 6) is -0.0449. The molecule has 1 saturated heterocycles. The van der Waals surface area contributed by atoms with Gasteiger partial charge in [-0.1, -0.05) is 20.3 Å². The van der Waals surface area contributed by atoms with Gasteiger partial charge in [-0.15, -0.1) is 0 Å². The third-order valence-corrected chi connectivity index (χ3v) is 3.76. The van der Waals surface area contributed by atoms with Crippen LogP contribution in [0.5, 0.6) is 0 Å². The first-order chi connectivity index (χ1) is 8.63. The van der Waals surface area contributed by atoms with Crippen LogP contribution in [-0.2, 0) is 9.53 Å². The van der Waals surface area contributed by atoms with Gasteiger partial charge in [-0.3, -0.25) is 14.6 Å². The summed E-state index contributed by atoms with van der Waals surface area (Å²) in [7, 11) is 0. The molecule has 1 rings (SSSR count). The van der Waals surface area contributed by atoms with Crippen molar-refractivity contribution in [2.75, 3.05) is 32.8 Å². The molecule has 0 aliphatic carbocycles. The second-order valence-electron chi connectivity index (χ2n) is 5.03. The molecule has 1 fully saturated rings. The highest BCUT2D eigenvalue weighted by molar-refractivity contribution is 5.75. The number of esters is 1. The average molecular weight is 256 g/mol. The van der Waals surface area contributed by atoms with E-state index in [1.165, 1.54) is 0 Å². The van der Waals surface area contributed by atoms with E-state index in [4.69, 9.17) is 4.74 Å². The number of likely N-dealkylation sites (N-methyl/N-ethyl adjacent to an activating group) is 1. The summed E-state index contributed by atoms with van der Waals surface area (Å²) in [6, 6.07) is 0.480. The van der Waals surface area contributed by atoms with Crippen molar-refractivity contribution in [2.24, 2.45) is 0 Å². The lowest BCUT2D eigenvalue weighted by molar-refractivity contribution is -0.151. The number of hydrogen-bond acceptors (Lipinski definition) is 4. The van der Waals surface area contributed by atoms with Crippen molar-refractivity contribution < 1.29 is 9.53 Å². The first-order valence-corrected chi connectivity index (χ1v) is 7.28. The summed E-state index contributed by atoms with van der Waals surface area (Å²) in [6.45, 7) is 13.0. The SMILES string of the molecule is CCCC(C(=O)OCC)N1CCN(CC)C(C)C1. The van der Waals surface area contributed by atoms with Crippen LogP contribution < -0.4 is 0 Å². The second kappa shape index (κ2) is 7.74. The molecule has 2 atom stereocenters. The number of carbonyl (C=O) groups excluding carboxylic acids is 1. The zero-order valence-electron chi connectivity index (χ0n) is 12.3. The Bertz CT molecular complexity index is 258. The molecule has 18 heavy (non-hydrogen) atoms. The minimum atomic E-state index is -0.0450. The minimum Gasteiger partial charge on any atom is -0.465 e. The number of hydrogen-bond donors (Lipinski definition) is 0. The van der Waals surface area contributed by atoms with Crippen molar-refractivity contribution in [2.45, 2.75) is 52.6 Å². The molecule has 0 N–H and O–H groups in total. The summed E-state index contributed by atoms with van der Waals surface area (Å²) in [5, 5.41) is 0. The van der Waals surface area contributed by atoms with Crippen molar-refractivity contribution in [3.8, 4) is 0 Å². The molecule has 4 heteroatoms. The summed E-state index contributed by atoms with van der Waals surface area (Å²) in [6.07, 6.45) is 1.92. The Balaban J connectivity index is 2.61. The molecule has 0 amide bonds. The Morgan fingerprint density at radius 2 is 2.06 bits per heavy atom. The monoisotopic (exact) mass is 256 g/mol. The van der Waals surface area contributed by atoms with Crippen molar-refractivity contribution in [1.82, 2.24) is 9.80 Å². The van der Waals surface area contributed by atoms with Gasteiger partial charge in [0, 0.05) is 25.7 Å². The van der Waals surface area contributed by atoms with Crippen LogP contribution in [0.25, 0.3) is 0 Å². The fourth-order valence-corrected chi connectivity index (χ4v) is 2.74. The van der Waals surface area contributed by atoms with Gasteiger partial charge in [-0.05, 0) is 26.8 Å². The summed E-state index contributed by atoms with van der Waals surface area (Å²) >= 11 is 0. The van der Waals surface area contributed by atoms with Crippen molar-refractivity contribution in [3.05, 3.63) is 0 Å². The van der Waals surface area contributed by atoms with Crippen LogP contribution in [0.15, 0.2) is 0 Å². The van der Waals surface area contributed by atoms with E-state index in [1.807, 2.05) is 6.92 Å². The fraction of sp³-hybridized carbons (Fsp3) is 0.929. The molecule has 0 radical (unpaired) electrons. The van der Waals surface area contributed by atoms with Gasteiger partial charge in [0.1, 0.15) is 6.04 Å². The average Bonchev–Trinajstić information content (AvgIpc) is 2.36. The molecule has 0 bridgehead atoms. The molecule has 106 valence electrons. The fourth-order valence-electron chi connectivity index (χ4n) is 2.74. The highest BCUT2D eigenvalue weighted by Gasteiger charge is 2.31. The maximum absolute atomic E-state index is 12.0. The number of ether oxygens (including phenoxy) is 1. The van der Waals surface area contributed by atoms with E-state index in [1.54, 1.807) is 0 Å². The van der Waals surface area contributed by atoms with Gasteiger partial charge < -0.3 is 4.74 Å². The number of piperazine rings is 1. The number of nitrogens with zero attached hydrogens (tertiary/aromatic N) is 2. The highest BCUT2D eigenvalue weighted by atomic mass is 16.5. The second-order valence-corrected chi connectivity index (χ2v) is 5.03. The highest BCUT2D eigenvalue weighted by Crippen LogP contribution is 2.16. The Kier molecular flexibility index (Phi) is 6.65. The lowest BCUT2D eigenvalue weighted by atomic mass is 10.1. The van der Waals surface area contributed by atoms with Crippen LogP contribution in [0.3, 0.4) is 0 Å². The molecule has 1 heterocycles. The predicted octanol–water partition coefficient (Wildman–Crippen LogP) is 1.74. The lowest BCUT2D eigenvalue weighted by Crippen LogP contribution is -2.56. The number of rotatable bonds is 6. The van der Waals surface area contributed by atoms with E-state index < -0.39 is 0 Å². The molecule has 0 aromatic heterocycles. The van der Waals surface area contributed by atoms with E-state index >= 15 is 0 Å². The Morgan fingerprint density at radius 3 is 2.56 bits per heavy atom. The lowest BCUT2D eigenvalue weighted by Gasteiger charge is -2.42. The molecule has 0 aromatic rings. The van der Waals surface area contributed by atoms with Crippen LogP contribution in [0.2, 0.25) is 0 Å². The molecule has 4 nitrogen and oxygen atoms in total. The van der Waals surface area contributed by atoms with Crippen LogP contribution in [0, 0.1) is 0 Å². The first kappa shape index (κ1) is 15.4. The summed E-state index contributed by atoms with van der Waals surface area (Å²) < 4.78 is 5.20. The first-order valence-electron chi connectivity index (χ1n) is 7.28. The largest absolute Gasteiger partial charge is 0.465 e. The molecular weight excluding hydrogens is 228 g/mol. The topological polar surface area (TPSA) is 32.8 Å². The van der Waals surface area contributed by atoms with Crippen molar-refractivity contribution >= 4 is 5.97 Å². The van der Waals surface area contributed by atoms with E-state index in [9.17, 15) is 4.79 Å². The van der Waals surface area contributed by atoms with Gasteiger partial charge in [0.2, 0.25) is 0 Å². The maximum atomic E-state index is 12.0. The van der Waals surface area contributed by atoms with Crippen molar-refractivity contribution in [1.29, 1.82) is 0 Å². The van der Waals surface area contributed by atoms with Gasteiger partial charge in [-0.2, -0.15) is 0 Å². The minimum absolute atomic E-state index is 0.0449. The van der Waals surface area contributed by atoms with Crippen LogP contribution in [0.4, 0.5) is 0 Å². The Labute approximate surface area is 111 Å². The molecule has 0 aromatic carbocycles. The normalized spacial score (nSPS) is 23.9. The maximum Gasteiger partial charge on any atom is 0.323 e. The van der Waals surface area contributed by atoms with E-state index in [2.05, 4.69) is 30.6 Å². The van der Waals surface area contributed by atoms with Crippen LogP contribution in [-0.4, -0.2) is 60.6 Å². The third kappa shape index (κ3) is 3.95. The molecule has 1 aliphatic heterocycles. The zero-order valence-corrected chi connectivity index (χ0v) is 12.3. The standard InChI is InChI=1S/C14H28N2O2/c1-5-8-13(14(17)18-7-3)16-10-9-15(6-2)12(4)11-16/h12-13H,5-11H2,1-4H3. The Hall–Kier alpha value is -0.610. The summed E-state index contributed by atoms with van der Waals surface area (Å²) in [5.41, 5.74) is 0. The molecule has 0 spiro atoms. The number of carbonyl (C=O) groups is 1. The zero-order chi connectivity index (χ0) is 13.5. The third-order valence-electron chi connectivity index (χ3n) is 3.76. The van der Waals surface area contributed by atoms with Crippen LogP contribution in [0.1, 0.15) is 40.5 Å². The molecular formula is C14H28N2O2. The van der Waals surface area contributed by atoms with Gasteiger partial charge in [-0.25, -0.2) is 0 Å². The van der Waals surface area contributed by atoms with Gasteiger partial charge in [0.05, 0.1) is 6.61 Å². The molecule has 0 saturated carbocycles. The van der Waals surface area contributed by atoms with E-state index in [-0.39, 0.29) is 12.0 Å². The van der Waals surface area contributed by atoms with Gasteiger partial charge in [0.15, 0.2) is 0 Å². The quantitative estimate of drug-likeness (QED) is 0.678. The predicted molar refractivity (Wildman–Crippen MR) is 73.6 cm³/mol. The summed E-state index contributed by atoms with van der Waals surface area (Å²) in [4.78, 5) is 16.8. The molecule has 2 unspecified atom stereocenters. The van der Waals surface area contributed by atoms with E-state index in [0.29, 0.717) is 12.6 Å². The van der Waals surface area contributed by atoms with Gasteiger partial charge in [0.25, 0.3) is 0 Å². The molecule has 1 aliphatic rings.